The lowest BCUT2D eigenvalue weighted by molar-refractivity contribution is -0.141. The Morgan fingerprint density at radius 1 is 1.12 bits per heavy atom. The van der Waals surface area contributed by atoms with E-state index in [1.165, 1.54) is 0 Å². The molecule has 4 rings (SSSR count). The summed E-state index contributed by atoms with van der Waals surface area (Å²) >= 11 is 0. The molecule has 1 aliphatic carbocycles. The number of allylic oxidation sites excluding steroid dienone is 3. The minimum atomic E-state index is -0.297. The molecule has 0 bridgehead atoms. The second-order valence-corrected chi connectivity index (χ2v) is 7.62. The summed E-state index contributed by atoms with van der Waals surface area (Å²) in [6.07, 6.45) is 10.1. The maximum Gasteiger partial charge on any atom is 0.230 e. The molecule has 1 atom stereocenters. The topological polar surface area (TPSA) is 32.8 Å². The van der Waals surface area contributed by atoms with Crippen LogP contribution in [0.4, 0.5) is 4.39 Å². The molecule has 4 aliphatic rings. The lowest BCUT2D eigenvalue weighted by Crippen LogP contribution is -2.50. The first-order valence-electron chi connectivity index (χ1n) is 9.40. The van der Waals surface area contributed by atoms with Crippen LogP contribution < -0.4 is 0 Å². The molecule has 0 saturated carbocycles. The molecule has 3 saturated heterocycles. The molecule has 132 valence electrons. The summed E-state index contributed by atoms with van der Waals surface area (Å²) in [6.45, 7) is 3.92. The molecular formula is C19H27FN2O2. The third kappa shape index (κ3) is 2.77. The van der Waals surface area contributed by atoms with E-state index in [9.17, 15) is 9.18 Å². The molecule has 3 aliphatic heterocycles. The van der Waals surface area contributed by atoms with Gasteiger partial charge < -0.3 is 14.5 Å². The molecule has 1 amide bonds. The summed E-state index contributed by atoms with van der Waals surface area (Å²) in [7, 11) is 0. The van der Waals surface area contributed by atoms with Crippen molar-refractivity contribution in [1.82, 2.24) is 9.80 Å². The smallest absolute Gasteiger partial charge is 0.230 e. The van der Waals surface area contributed by atoms with Crippen molar-refractivity contribution in [3.05, 3.63) is 23.7 Å². The summed E-state index contributed by atoms with van der Waals surface area (Å²) in [6, 6.07) is 0.339. The number of carbonyl (C=O) groups is 1. The highest BCUT2D eigenvalue weighted by atomic mass is 19.1. The minimum Gasteiger partial charge on any atom is -0.381 e. The van der Waals surface area contributed by atoms with Gasteiger partial charge in [-0.15, -0.1) is 0 Å². The van der Waals surface area contributed by atoms with Crippen molar-refractivity contribution in [1.29, 1.82) is 0 Å². The van der Waals surface area contributed by atoms with Crippen LogP contribution in [0.25, 0.3) is 0 Å². The van der Waals surface area contributed by atoms with Gasteiger partial charge in [0.1, 0.15) is 5.83 Å². The van der Waals surface area contributed by atoms with E-state index in [2.05, 4.69) is 9.80 Å². The van der Waals surface area contributed by atoms with Crippen molar-refractivity contribution < 1.29 is 13.9 Å². The van der Waals surface area contributed by atoms with Crippen LogP contribution in [0.1, 0.15) is 44.9 Å². The first kappa shape index (κ1) is 16.1. The van der Waals surface area contributed by atoms with E-state index in [-0.39, 0.29) is 11.2 Å². The van der Waals surface area contributed by atoms with Gasteiger partial charge in [0, 0.05) is 38.9 Å². The van der Waals surface area contributed by atoms with Gasteiger partial charge in [-0.1, -0.05) is 6.08 Å². The van der Waals surface area contributed by atoms with Gasteiger partial charge in [0.25, 0.3) is 0 Å². The predicted octanol–water partition coefficient (Wildman–Crippen LogP) is 3.01. The monoisotopic (exact) mass is 334 g/mol. The molecule has 0 unspecified atom stereocenters. The average molecular weight is 334 g/mol. The zero-order valence-corrected chi connectivity index (χ0v) is 14.3. The van der Waals surface area contributed by atoms with E-state index < -0.39 is 0 Å². The predicted molar refractivity (Wildman–Crippen MR) is 89.9 cm³/mol. The van der Waals surface area contributed by atoms with E-state index in [1.54, 1.807) is 6.08 Å². The Bertz CT molecular complexity index is 568. The fourth-order valence-corrected chi connectivity index (χ4v) is 4.82. The summed E-state index contributed by atoms with van der Waals surface area (Å²) < 4.78 is 19.7. The van der Waals surface area contributed by atoms with Crippen LogP contribution in [0.2, 0.25) is 0 Å². The molecule has 24 heavy (non-hydrogen) atoms. The second-order valence-electron chi connectivity index (χ2n) is 7.62. The maximum atomic E-state index is 14.2. The first-order chi connectivity index (χ1) is 11.7. The highest BCUT2D eigenvalue weighted by Crippen LogP contribution is 2.43. The van der Waals surface area contributed by atoms with Crippen LogP contribution in [0, 0.1) is 5.41 Å². The Balaban J connectivity index is 1.49. The van der Waals surface area contributed by atoms with Crippen LogP contribution in [-0.4, -0.2) is 54.6 Å². The van der Waals surface area contributed by atoms with Crippen LogP contribution in [0.5, 0.6) is 0 Å². The number of likely N-dealkylation sites (tertiary alicyclic amines) is 2. The molecule has 5 heteroatoms. The number of hydrogen-bond donors (Lipinski definition) is 0. The van der Waals surface area contributed by atoms with Gasteiger partial charge in [0.05, 0.1) is 11.1 Å². The van der Waals surface area contributed by atoms with Gasteiger partial charge in [-0.3, -0.25) is 4.79 Å². The Morgan fingerprint density at radius 2 is 1.92 bits per heavy atom. The van der Waals surface area contributed by atoms with Gasteiger partial charge in [-0.25, -0.2) is 4.39 Å². The molecule has 0 aromatic heterocycles. The van der Waals surface area contributed by atoms with Crippen LogP contribution in [0.3, 0.4) is 0 Å². The molecule has 0 aromatic carbocycles. The van der Waals surface area contributed by atoms with Crippen molar-refractivity contribution >= 4 is 5.91 Å². The molecular weight excluding hydrogens is 307 g/mol. The zero-order valence-electron chi connectivity index (χ0n) is 14.3. The number of rotatable bonds is 2. The Kier molecular flexibility index (Phi) is 4.37. The second kappa shape index (κ2) is 6.51. The molecule has 4 nitrogen and oxygen atoms in total. The van der Waals surface area contributed by atoms with Gasteiger partial charge in [-0.05, 0) is 51.0 Å². The van der Waals surface area contributed by atoms with E-state index in [1.807, 2.05) is 6.08 Å². The number of carbonyl (C=O) groups excluding carboxylic acids is 1. The van der Waals surface area contributed by atoms with Crippen molar-refractivity contribution in [2.24, 2.45) is 5.41 Å². The zero-order chi connectivity index (χ0) is 16.6. The molecule has 3 heterocycles. The van der Waals surface area contributed by atoms with E-state index in [0.717, 1.165) is 76.9 Å². The molecule has 0 radical (unpaired) electrons. The van der Waals surface area contributed by atoms with Gasteiger partial charge in [0.2, 0.25) is 5.91 Å². The van der Waals surface area contributed by atoms with E-state index in [4.69, 9.17) is 4.74 Å². The van der Waals surface area contributed by atoms with Gasteiger partial charge in [-0.2, -0.15) is 0 Å². The molecule has 0 aromatic rings. The Morgan fingerprint density at radius 3 is 2.71 bits per heavy atom. The summed E-state index contributed by atoms with van der Waals surface area (Å²) in [5.41, 5.74) is 0.424. The van der Waals surface area contributed by atoms with Gasteiger partial charge in [0.15, 0.2) is 0 Å². The fourth-order valence-electron chi connectivity index (χ4n) is 4.82. The number of hydrogen-bond acceptors (Lipinski definition) is 3. The fraction of sp³-hybridized carbons (Fsp3) is 0.737. The van der Waals surface area contributed by atoms with Gasteiger partial charge >= 0.3 is 0 Å². The van der Waals surface area contributed by atoms with Crippen molar-refractivity contribution in [3.8, 4) is 0 Å². The number of nitrogens with zero attached hydrogens (tertiary/aromatic N) is 2. The summed E-state index contributed by atoms with van der Waals surface area (Å²) in [5, 5.41) is 0. The SMILES string of the molecule is O=C1N(C2CCOCC2)CC[C@@]12CCCN(C1=CCCC=C1F)C2. The minimum absolute atomic E-state index is 0.106. The first-order valence-corrected chi connectivity index (χ1v) is 9.40. The maximum absolute atomic E-state index is 14.2. The number of ether oxygens (including phenoxy) is 1. The largest absolute Gasteiger partial charge is 0.381 e. The third-order valence-electron chi connectivity index (χ3n) is 6.17. The highest BCUT2D eigenvalue weighted by molar-refractivity contribution is 5.85. The average Bonchev–Trinajstić information content (AvgIpc) is 2.92. The number of piperidine rings is 1. The molecule has 1 spiro atoms. The van der Waals surface area contributed by atoms with E-state index >= 15 is 0 Å². The van der Waals surface area contributed by atoms with Crippen molar-refractivity contribution in [2.75, 3.05) is 32.8 Å². The Hall–Kier alpha value is -1.36. The third-order valence-corrected chi connectivity index (χ3v) is 6.17. The number of amides is 1. The van der Waals surface area contributed by atoms with Crippen LogP contribution in [-0.2, 0) is 9.53 Å². The van der Waals surface area contributed by atoms with Crippen molar-refractivity contribution in [3.63, 3.8) is 0 Å². The Labute approximate surface area is 143 Å². The van der Waals surface area contributed by atoms with E-state index in [0.29, 0.717) is 18.5 Å². The van der Waals surface area contributed by atoms with Crippen molar-refractivity contribution in [2.45, 2.75) is 51.0 Å². The highest BCUT2D eigenvalue weighted by Gasteiger charge is 2.50. The lowest BCUT2D eigenvalue weighted by atomic mass is 9.78. The normalized spacial score (nSPS) is 32.3. The van der Waals surface area contributed by atoms with Crippen LogP contribution in [0.15, 0.2) is 23.7 Å². The summed E-state index contributed by atoms with van der Waals surface area (Å²) in [5.74, 6) is 0.199. The van der Waals surface area contributed by atoms with Crippen LogP contribution >= 0.6 is 0 Å². The molecule has 3 fully saturated rings. The lowest BCUT2D eigenvalue weighted by Gasteiger charge is -2.42. The standard InChI is InChI=1S/C19H27FN2O2/c20-16-4-1-2-5-17(16)21-10-3-8-19(14-21)9-11-22(18(19)23)15-6-12-24-13-7-15/h4-5,15H,1-3,6-14H2/t19-/m1/s1. The summed E-state index contributed by atoms with van der Waals surface area (Å²) in [4.78, 5) is 17.5. The number of halogens is 1. The molecule has 0 N–H and O–H groups in total. The quantitative estimate of drug-likeness (QED) is 0.778.